The van der Waals surface area contributed by atoms with Crippen molar-refractivity contribution in [1.82, 2.24) is 5.59 Å². The molecule has 0 heterocycles. The van der Waals surface area contributed by atoms with Crippen molar-refractivity contribution in [2.24, 2.45) is 5.10 Å². The minimum atomic E-state index is -3.59. The highest BCUT2D eigenvalue weighted by Gasteiger charge is 2.25. The summed E-state index contributed by atoms with van der Waals surface area (Å²) in [5.74, 6) is 0. The minimum absolute atomic E-state index is 0.222. The summed E-state index contributed by atoms with van der Waals surface area (Å²) in [5, 5.41) is 4.00. The Morgan fingerprint density at radius 2 is 2.00 bits per heavy atom. The Hall–Kier alpha value is -0.720. The zero-order valence-corrected chi connectivity index (χ0v) is 14.8. The Balaban J connectivity index is 2.53. The van der Waals surface area contributed by atoms with E-state index in [0.29, 0.717) is 6.42 Å². The predicted octanol–water partition coefficient (Wildman–Crippen LogP) is 4.07. The fourth-order valence-corrected chi connectivity index (χ4v) is 2.94. The summed E-state index contributed by atoms with van der Waals surface area (Å²) in [5.41, 5.74) is 4.17. The van der Waals surface area contributed by atoms with Gasteiger partial charge in [-0.3, -0.25) is 9.05 Å². The van der Waals surface area contributed by atoms with E-state index in [-0.39, 0.29) is 13.2 Å². The van der Waals surface area contributed by atoms with Crippen molar-refractivity contribution in [3.05, 3.63) is 34.3 Å². The standard InChI is InChI=1S/C13H20BrN2O4P/c1-4-18-21(17,19-5-2)20-16-15-11(3)9-12-7-6-8-13(14)10-12/h6-8,10,16H,4-5,9H2,1-3H3/b15-11-. The van der Waals surface area contributed by atoms with E-state index < -0.39 is 7.82 Å². The molecule has 0 aliphatic rings. The van der Waals surface area contributed by atoms with Crippen LogP contribution < -0.4 is 5.59 Å². The van der Waals surface area contributed by atoms with E-state index in [1.807, 2.05) is 31.2 Å². The molecular weight excluding hydrogens is 359 g/mol. The monoisotopic (exact) mass is 378 g/mol. The van der Waals surface area contributed by atoms with Gasteiger partial charge in [0.15, 0.2) is 0 Å². The molecule has 0 unspecified atom stereocenters. The molecule has 0 radical (unpaired) electrons. The third-order valence-corrected chi connectivity index (χ3v) is 4.26. The average molecular weight is 379 g/mol. The third kappa shape index (κ3) is 7.20. The molecule has 0 aliphatic carbocycles. The topological polar surface area (TPSA) is 69.2 Å². The van der Waals surface area contributed by atoms with Gasteiger partial charge in [0, 0.05) is 16.6 Å². The second-order valence-corrected chi connectivity index (χ2v) is 6.63. The van der Waals surface area contributed by atoms with Gasteiger partial charge >= 0.3 is 7.82 Å². The number of phosphoric ester groups is 1. The van der Waals surface area contributed by atoms with Gasteiger partial charge < -0.3 is 0 Å². The van der Waals surface area contributed by atoms with Crippen LogP contribution in [0.5, 0.6) is 0 Å². The Morgan fingerprint density at radius 3 is 2.57 bits per heavy atom. The van der Waals surface area contributed by atoms with Gasteiger partial charge in [-0.25, -0.2) is 4.57 Å². The van der Waals surface area contributed by atoms with Gasteiger partial charge in [-0.2, -0.15) is 15.3 Å². The first-order chi connectivity index (χ1) is 9.99. The number of nitrogens with zero attached hydrogens (tertiary/aromatic N) is 1. The van der Waals surface area contributed by atoms with Crippen LogP contribution in [-0.2, 0) is 24.7 Å². The molecule has 1 N–H and O–H groups in total. The highest BCUT2D eigenvalue weighted by atomic mass is 79.9. The molecule has 0 aromatic heterocycles. The molecule has 6 nitrogen and oxygen atoms in total. The first-order valence-corrected chi connectivity index (χ1v) is 8.84. The second kappa shape index (κ2) is 9.33. The van der Waals surface area contributed by atoms with Gasteiger partial charge in [-0.1, -0.05) is 28.1 Å². The van der Waals surface area contributed by atoms with Crippen LogP contribution in [0.3, 0.4) is 0 Å². The molecule has 8 heteroatoms. The summed E-state index contributed by atoms with van der Waals surface area (Å²) in [6, 6.07) is 7.91. The Labute approximate surface area is 133 Å². The molecule has 21 heavy (non-hydrogen) atoms. The molecule has 0 fully saturated rings. The van der Waals surface area contributed by atoms with Crippen molar-refractivity contribution in [3.8, 4) is 0 Å². The summed E-state index contributed by atoms with van der Waals surface area (Å²) in [6.45, 7) is 5.69. The van der Waals surface area contributed by atoms with E-state index in [4.69, 9.17) is 13.7 Å². The first kappa shape index (κ1) is 18.3. The van der Waals surface area contributed by atoms with Crippen molar-refractivity contribution in [2.45, 2.75) is 27.2 Å². The Kier molecular flexibility index (Phi) is 8.14. The van der Waals surface area contributed by atoms with Crippen LogP contribution in [0.4, 0.5) is 0 Å². The highest BCUT2D eigenvalue weighted by Crippen LogP contribution is 2.48. The average Bonchev–Trinajstić information content (AvgIpc) is 2.39. The van der Waals surface area contributed by atoms with E-state index in [9.17, 15) is 4.57 Å². The zero-order valence-electron chi connectivity index (χ0n) is 12.3. The Bertz CT molecular complexity index is 515. The Morgan fingerprint density at radius 1 is 1.33 bits per heavy atom. The molecule has 0 amide bonds. The predicted molar refractivity (Wildman–Crippen MR) is 86.0 cm³/mol. The maximum absolute atomic E-state index is 12.0. The van der Waals surface area contributed by atoms with Gasteiger partial charge in [-0.15, -0.1) is 0 Å². The summed E-state index contributed by atoms with van der Waals surface area (Å²) in [4.78, 5) is 0. The van der Waals surface area contributed by atoms with Crippen LogP contribution in [0, 0.1) is 0 Å². The maximum Gasteiger partial charge on any atom is 0.497 e. The number of rotatable bonds is 9. The quantitative estimate of drug-likeness (QED) is 0.398. The largest absolute Gasteiger partial charge is 0.497 e. The van der Waals surface area contributed by atoms with Crippen molar-refractivity contribution < 1.29 is 18.2 Å². The SMILES string of the molecule is CCOP(=O)(OCC)ON/N=C(/C)Cc1cccc(Br)c1. The lowest BCUT2D eigenvalue weighted by atomic mass is 10.1. The highest BCUT2D eigenvalue weighted by molar-refractivity contribution is 9.10. The molecule has 0 spiro atoms. The zero-order chi connectivity index (χ0) is 15.7. The molecule has 0 bridgehead atoms. The van der Waals surface area contributed by atoms with Gasteiger partial charge in [0.1, 0.15) is 0 Å². The van der Waals surface area contributed by atoms with Crippen LogP contribution >= 0.6 is 23.8 Å². The number of hydrazone groups is 1. The van der Waals surface area contributed by atoms with Crippen LogP contribution in [0.25, 0.3) is 0 Å². The minimum Gasteiger partial charge on any atom is -0.286 e. The summed E-state index contributed by atoms with van der Waals surface area (Å²) >= 11 is 3.42. The van der Waals surface area contributed by atoms with Crippen LogP contribution in [-0.4, -0.2) is 18.9 Å². The maximum atomic E-state index is 12.0. The fourth-order valence-electron chi connectivity index (χ4n) is 1.54. The van der Waals surface area contributed by atoms with E-state index in [0.717, 1.165) is 15.7 Å². The normalized spacial score (nSPS) is 12.5. The summed E-state index contributed by atoms with van der Waals surface area (Å²) in [7, 11) is -3.59. The third-order valence-electron chi connectivity index (χ3n) is 2.31. The van der Waals surface area contributed by atoms with E-state index in [1.165, 1.54) is 0 Å². The molecular formula is C13H20BrN2O4P. The lowest BCUT2D eigenvalue weighted by Crippen LogP contribution is -2.12. The van der Waals surface area contributed by atoms with Crippen molar-refractivity contribution in [3.63, 3.8) is 0 Å². The molecule has 0 aliphatic heterocycles. The number of benzene rings is 1. The molecule has 0 atom stereocenters. The first-order valence-electron chi connectivity index (χ1n) is 6.59. The number of hydrogen-bond acceptors (Lipinski definition) is 6. The van der Waals surface area contributed by atoms with Crippen LogP contribution in [0.1, 0.15) is 26.3 Å². The number of halogens is 1. The van der Waals surface area contributed by atoms with Gasteiger partial charge in [0.05, 0.1) is 13.2 Å². The summed E-state index contributed by atoms with van der Waals surface area (Å²) in [6.07, 6.45) is 0.642. The second-order valence-electron chi connectivity index (χ2n) is 4.12. The van der Waals surface area contributed by atoms with E-state index in [1.54, 1.807) is 13.8 Å². The smallest absolute Gasteiger partial charge is 0.286 e. The lowest BCUT2D eigenvalue weighted by molar-refractivity contribution is 0.0784. The van der Waals surface area contributed by atoms with Gasteiger partial charge in [-0.05, 0) is 38.5 Å². The fraction of sp³-hybridized carbons (Fsp3) is 0.462. The van der Waals surface area contributed by atoms with E-state index in [2.05, 4.69) is 26.6 Å². The number of hydrogen-bond donors (Lipinski definition) is 1. The van der Waals surface area contributed by atoms with Gasteiger partial charge in [0.25, 0.3) is 0 Å². The van der Waals surface area contributed by atoms with Crippen LogP contribution in [0.15, 0.2) is 33.8 Å². The molecule has 118 valence electrons. The molecule has 1 aromatic carbocycles. The molecule has 1 aromatic rings. The van der Waals surface area contributed by atoms with E-state index >= 15 is 0 Å². The van der Waals surface area contributed by atoms with Crippen molar-refractivity contribution in [1.29, 1.82) is 0 Å². The molecule has 1 rings (SSSR count). The van der Waals surface area contributed by atoms with Crippen LogP contribution in [0.2, 0.25) is 0 Å². The molecule has 0 saturated heterocycles. The van der Waals surface area contributed by atoms with Crippen molar-refractivity contribution in [2.75, 3.05) is 13.2 Å². The van der Waals surface area contributed by atoms with Gasteiger partial charge in [0.2, 0.25) is 0 Å². The molecule has 0 saturated carbocycles. The summed E-state index contributed by atoms with van der Waals surface area (Å²) < 4.78 is 27.8. The van der Waals surface area contributed by atoms with Crippen molar-refractivity contribution >= 4 is 29.5 Å². The lowest BCUT2D eigenvalue weighted by Gasteiger charge is -2.14. The number of nitrogens with one attached hydrogen (secondary N) is 1. The number of phosphoric acid groups is 1.